The Morgan fingerprint density at radius 1 is 1.50 bits per heavy atom. The van der Waals surface area contributed by atoms with E-state index in [1.165, 1.54) is 6.07 Å². The predicted molar refractivity (Wildman–Crippen MR) is 41.9 cm³/mol. The molecule has 1 aromatic rings. The average Bonchev–Trinajstić information content (AvgIpc) is 2.34. The lowest BCUT2D eigenvalue weighted by atomic mass is 10.4. The molecule has 0 aliphatic rings. The Hall–Kier alpha value is 0.0400. The molecule has 0 aliphatic heterocycles. The second kappa shape index (κ2) is 3.44. The van der Waals surface area contributed by atoms with Crippen molar-refractivity contribution in [2.45, 2.75) is 11.8 Å². The summed E-state index contributed by atoms with van der Waals surface area (Å²) in [7, 11) is 0. The number of hydrogen-bond donors (Lipinski definition) is 0. The van der Waals surface area contributed by atoms with Gasteiger partial charge in [0.2, 0.25) is 0 Å². The van der Waals surface area contributed by atoms with Gasteiger partial charge in [-0.05, 0) is 12.1 Å². The maximum absolute atomic E-state index is 11.9. The number of thiophene rings is 1. The second-order valence-corrected chi connectivity index (χ2v) is 3.50. The summed E-state index contributed by atoms with van der Waals surface area (Å²) in [5.74, 6) is 0. The smallest absolute Gasteiger partial charge is 0.204 e. The molecular weight excluding hydrogens is 222 g/mol. The Balaban J connectivity index is 2.78. The molecule has 0 unspecified atom stereocenters. The van der Waals surface area contributed by atoms with Crippen LogP contribution in [0.3, 0.4) is 0 Å². The Labute approximate surface area is 70.0 Å². The van der Waals surface area contributed by atoms with Gasteiger partial charge in [-0.1, -0.05) is 15.9 Å². The molecule has 1 rings (SSSR count). The van der Waals surface area contributed by atoms with E-state index >= 15 is 0 Å². The van der Waals surface area contributed by atoms with Crippen LogP contribution < -0.4 is 0 Å². The molecule has 0 N–H and O–H groups in total. The van der Waals surface area contributed by atoms with Crippen molar-refractivity contribution >= 4 is 27.3 Å². The van der Waals surface area contributed by atoms with Crippen molar-refractivity contribution < 1.29 is 8.78 Å². The predicted octanol–water partition coefficient (Wildman–Crippen LogP) is 3.58. The molecule has 56 valence electrons. The van der Waals surface area contributed by atoms with E-state index < -0.39 is 6.43 Å². The molecule has 0 nitrogen and oxygen atoms in total. The second-order valence-electron chi connectivity index (χ2n) is 1.74. The highest BCUT2D eigenvalue weighted by Crippen LogP contribution is 2.27. The van der Waals surface area contributed by atoms with Crippen LogP contribution in [0.1, 0.15) is 16.2 Å². The van der Waals surface area contributed by atoms with Crippen molar-refractivity contribution in [2.24, 2.45) is 0 Å². The monoisotopic (exact) mass is 226 g/mol. The molecule has 0 bridgehead atoms. The third kappa shape index (κ3) is 1.76. The van der Waals surface area contributed by atoms with Gasteiger partial charge in [0.15, 0.2) is 0 Å². The van der Waals surface area contributed by atoms with Crippen LogP contribution in [0.15, 0.2) is 12.1 Å². The van der Waals surface area contributed by atoms with E-state index in [9.17, 15) is 8.78 Å². The van der Waals surface area contributed by atoms with Gasteiger partial charge in [0.25, 0.3) is 6.43 Å². The molecule has 0 aromatic carbocycles. The minimum absolute atomic E-state index is 0.148. The first kappa shape index (κ1) is 8.14. The number of rotatable bonds is 2. The van der Waals surface area contributed by atoms with Gasteiger partial charge in [-0.3, -0.25) is 0 Å². The summed E-state index contributed by atoms with van der Waals surface area (Å²) in [6, 6.07) is 3.17. The highest BCUT2D eigenvalue weighted by molar-refractivity contribution is 9.08. The van der Waals surface area contributed by atoms with E-state index in [2.05, 4.69) is 15.9 Å². The third-order valence-electron chi connectivity index (χ3n) is 1.03. The van der Waals surface area contributed by atoms with Crippen LogP contribution in [0.2, 0.25) is 0 Å². The quantitative estimate of drug-likeness (QED) is 0.677. The Morgan fingerprint density at radius 3 is 2.50 bits per heavy atom. The molecule has 1 heterocycles. The highest BCUT2D eigenvalue weighted by atomic mass is 79.9. The summed E-state index contributed by atoms with van der Waals surface area (Å²) in [5, 5.41) is 0.657. The third-order valence-corrected chi connectivity index (χ3v) is 3.10. The summed E-state index contributed by atoms with van der Waals surface area (Å²) >= 11 is 4.33. The van der Waals surface area contributed by atoms with E-state index in [0.29, 0.717) is 5.33 Å². The van der Waals surface area contributed by atoms with Crippen molar-refractivity contribution in [3.63, 3.8) is 0 Å². The molecule has 0 aliphatic carbocycles. The molecule has 4 heteroatoms. The zero-order valence-corrected chi connectivity index (χ0v) is 7.38. The normalized spacial score (nSPS) is 10.8. The number of hydrogen-bond acceptors (Lipinski definition) is 1. The minimum atomic E-state index is -2.32. The van der Waals surface area contributed by atoms with Crippen molar-refractivity contribution in [3.8, 4) is 0 Å². The van der Waals surface area contributed by atoms with Crippen LogP contribution in [0.5, 0.6) is 0 Å². The standard InChI is InChI=1S/C6H5BrF2S/c7-3-4-1-2-5(10-4)6(8)9/h1-2,6H,3H2. The molecule has 0 saturated heterocycles. The van der Waals surface area contributed by atoms with Crippen LogP contribution in [-0.4, -0.2) is 0 Å². The first-order valence-electron chi connectivity index (χ1n) is 2.66. The first-order chi connectivity index (χ1) is 4.74. The summed E-state index contributed by atoms with van der Waals surface area (Å²) < 4.78 is 23.8. The van der Waals surface area contributed by atoms with Gasteiger partial charge in [-0.15, -0.1) is 11.3 Å². The fraction of sp³-hybridized carbons (Fsp3) is 0.333. The van der Waals surface area contributed by atoms with E-state index in [0.717, 1.165) is 16.2 Å². The maximum atomic E-state index is 11.9. The zero-order valence-electron chi connectivity index (χ0n) is 4.98. The Morgan fingerprint density at radius 2 is 2.20 bits per heavy atom. The van der Waals surface area contributed by atoms with Crippen LogP contribution in [0, 0.1) is 0 Å². The Kier molecular flexibility index (Phi) is 2.80. The van der Waals surface area contributed by atoms with Crippen LogP contribution in [0.25, 0.3) is 0 Å². The molecule has 0 fully saturated rings. The number of halogens is 3. The number of alkyl halides is 3. The van der Waals surface area contributed by atoms with Gasteiger partial charge in [-0.25, -0.2) is 8.78 Å². The van der Waals surface area contributed by atoms with Crippen molar-refractivity contribution in [1.82, 2.24) is 0 Å². The molecule has 0 atom stereocenters. The molecule has 0 saturated carbocycles. The SMILES string of the molecule is FC(F)c1ccc(CBr)s1. The van der Waals surface area contributed by atoms with Crippen molar-refractivity contribution in [1.29, 1.82) is 0 Å². The first-order valence-corrected chi connectivity index (χ1v) is 4.60. The van der Waals surface area contributed by atoms with Gasteiger partial charge in [-0.2, -0.15) is 0 Å². The summed E-state index contributed by atoms with van der Waals surface area (Å²) in [5.41, 5.74) is 0. The van der Waals surface area contributed by atoms with Crippen LogP contribution in [-0.2, 0) is 5.33 Å². The van der Waals surface area contributed by atoms with E-state index in [1.807, 2.05) is 0 Å². The molecule has 1 aromatic heterocycles. The van der Waals surface area contributed by atoms with Gasteiger partial charge >= 0.3 is 0 Å². The van der Waals surface area contributed by atoms with Gasteiger partial charge in [0, 0.05) is 10.2 Å². The van der Waals surface area contributed by atoms with Crippen molar-refractivity contribution in [2.75, 3.05) is 0 Å². The minimum Gasteiger partial charge on any atom is -0.204 e. The van der Waals surface area contributed by atoms with Crippen molar-refractivity contribution in [3.05, 3.63) is 21.9 Å². The van der Waals surface area contributed by atoms with Crippen LogP contribution in [0.4, 0.5) is 8.78 Å². The molecule has 0 spiro atoms. The summed E-state index contributed by atoms with van der Waals surface area (Å²) in [6.45, 7) is 0. The van der Waals surface area contributed by atoms with Gasteiger partial charge in [0.05, 0.1) is 4.88 Å². The van der Waals surface area contributed by atoms with Gasteiger partial charge in [0.1, 0.15) is 0 Å². The fourth-order valence-electron chi connectivity index (χ4n) is 0.584. The zero-order chi connectivity index (χ0) is 7.56. The average molecular weight is 227 g/mol. The molecular formula is C6H5BrF2S. The lowest BCUT2D eigenvalue weighted by molar-refractivity contribution is 0.155. The maximum Gasteiger partial charge on any atom is 0.272 e. The topological polar surface area (TPSA) is 0 Å². The largest absolute Gasteiger partial charge is 0.272 e. The molecule has 0 radical (unpaired) electrons. The lowest BCUT2D eigenvalue weighted by Gasteiger charge is -1.89. The van der Waals surface area contributed by atoms with E-state index in [1.54, 1.807) is 6.07 Å². The van der Waals surface area contributed by atoms with Crippen LogP contribution >= 0.6 is 27.3 Å². The fourth-order valence-corrected chi connectivity index (χ4v) is 1.83. The van der Waals surface area contributed by atoms with Gasteiger partial charge < -0.3 is 0 Å². The summed E-state index contributed by atoms with van der Waals surface area (Å²) in [6.07, 6.45) is -2.32. The highest BCUT2D eigenvalue weighted by Gasteiger charge is 2.08. The Bertz CT molecular complexity index is 209. The molecule has 0 amide bonds. The summed E-state index contributed by atoms with van der Waals surface area (Å²) in [4.78, 5) is 1.09. The van der Waals surface area contributed by atoms with E-state index in [4.69, 9.17) is 0 Å². The lowest BCUT2D eigenvalue weighted by Crippen LogP contribution is -1.72. The van der Waals surface area contributed by atoms with E-state index in [-0.39, 0.29) is 4.88 Å². The molecule has 10 heavy (non-hydrogen) atoms.